The molecule has 360 valence electrons. The van der Waals surface area contributed by atoms with Crippen LogP contribution in [0.1, 0.15) is 81.4 Å². The third kappa shape index (κ3) is 9.68. The van der Waals surface area contributed by atoms with Crippen LogP contribution in [-0.2, 0) is 53.8 Å². The molecule has 0 radical (unpaired) electrons. The maximum atomic E-state index is 14.6. The zero-order chi connectivity index (χ0) is 48.0. The largest absolute Gasteiger partial charge is 0.418 e. The highest BCUT2D eigenvalue weighted by molar-refractivity contribution is 6.05. The molecule has 0 aliphatic carbocycles. The Morgan fingerprint density at radius 3 is 2.39 bits per heavy atom. The number of carbonyl (C=O) groups is 3. The summed E-state index contributed by atoms with van der Waals surface area (Å²) in [6.45, 7) is 7.15. The molecule has 16 nitrogen and oxygen atoms in total. The van der Waals surface area contributed by atoms with Crippen LogP contribution < -0.4 is 15.9 Å². The molecular formula is C50H53F3N10O6. The van der Waals surface area contributed by atoms with E-state index in [2.05, 4.69) is 60.5 Å². The predicted molar refractivity (Wildman–Crippen MR) is 247 cm³/mol. The van der Waals surface area contributed by atoms with E-state index in [9.17, 15) is 37.5 Å². The molecule has 3 amide bonds. The minimum atomic E-state index is -4.71. The van der Waals surface area contributed by atoms with Crippen molar-refractivity contribution in [3.63, 3.8) is 0 Å². The molecule has 4 aliphatic heterocycles. The maximum absolute atomic E-state index is 14.6. The monoisotopic (exact) mass is 946 g/mol. The molecule has 3 fully saturated rings. The van der Waals surface area contributed by atoms with Gasteiger partial charge >= 0.3 is 11.9 Å². The van der Waals surface area contributed by atoms with Gasteiger partial charge in [0, 0.05) is 89.5 Å². The number of ether oxygens (including phenoxy) is 1. The standard InChI is InChI=1S/C50H53F3N10O6/c1-57-31-54-56-46(57)45(65)36-5-2-6-39(21-36)61-28-43-41(50(51,52)53)20-35(26-63(43)49(61)68)25-59-15-3-4-34(24-59)30-69-29-33-9-7-32(8-10-33)23-58-16-18-60(19-17-58)38-11-12-40-37(22-38)27-62(48(40)67)42-13-14-44(64)55-47(42)66/h2,5-12,20-22,26,28,31,34,42,45,65H,3-4,13-19,23-25,27,29-30H2,1H3,(H,55,64,66)/t34-,42?,45+/m0/s1. The van der Waals surface area contributed by atoms with E-state index in [-0.39, 0.29) is 42.0 Å². The van der Waals surface area contributed by atoms with Gasteiger partial charge in [0.25, 0.3) is 5.91 Å². The fourth-order valence-corrected chi connectivity index (χ4v) is 10.2. The molecule has 3 atom stereocenters. The molecule has 69 heavy (non-hydrogen) atoms. The molecule has 2 N–H and O–H groups in total. The second-order valence-electron chi connectivity index (χ2n) is 18.7. The molecule has 3 aromatic carbocycles. The summed E-state index contributed by atoms with van der Waals surface area (Å²) in [5, 5.41) is 21.1. The summed E-state index contributed by atoms with van der Waals surface area (Å²) in [5.41, 5.74) is 4.09. The number of imide groups is 1. The third-order valence-electron chi connectivity index (χ3n) is 13.9. The number of hydrogen-bond acceptors (Lipinski definition) is 11. The van der Waals surface area contributed by atoms with Crippen LogP contribution in [0.15, 0.2) is 96.3 Å². The van der Waals surface area contributed by atoms with E-state index in [1.165, 1.54) is 24.3 Å². The highest BCUT2D eigenvalue weighted by atomic mass is 19.4. The van der Waals surface area contributed by atoms with E-state index in [0.29, 0.717) is 61.6 Å². The van der Waals surface area contributed by atoms with E-state index < -0.39 is 35.5 Å². The normalized spacial score (nSPS) is 19.9. The number of nitrogens with one attached hydrogen (secondary N) is 1. The van der Waals surface area contributed by atoms with Crippen LogP contribution in [0.3, 0.4) is 0 Å². The number of aryl methyl sites for hydroxylation is 1. The lowest BCUT2D eigenvalue weighted by molar-refractivity contribution is -0.137. The number of carbonyl (C=O) groups excluding carboxylic acids is 3. The molecule has 0 spiro atoms. The van der Waals surface area contributed by atoms with Crippen molar-refractivity contribution in [2.45, 2.75) is 70.2 Å². The van der Waals surface area contributed by atoms with Crippen molar-refractivity contribution in [2.75, 3.05) is 50.8 Å². The maximum Gasteiger partial charge on any atom is 0.418 e. The van der Waals surface area contributed by atoms with Crippen molar-refractivity contribution >= 4 is 28.9 Å². The lowest BCUT2D eigenvalue weighted by atomic mass is 9.98. The van der Waals surface area contributed by atoms with Gasteiger partial charge in [-0.15, -0.1) is 10.2 Å². The van der Waals surface area contributed by atoms with E-state index in [0.717, 1.165) is 77.4 Å². The van der Waals surface area contributed by atoms with Crippen molar-refractivity contribution in [2.24, 2.45) is 13.0 Å². The van der Waals surface area contributed by atoms with Crippen molar-refractivity contribution in [1.82, 2.24) is 43.7 Å². The van der Waals surface area contributed by atoms with Crippen LogP contribution in [0.25, 0.3) is 11.2 Å². The number of aliphatic hydroxyl groups excluding tert-OH is 1. The van der Waals surface area contributed by atoms with Gasteiger partial charge in [0.1, 0.15) is 18.5 Å². The van der Waals surface area contributed by atoms with Crippen LogP contribution in [0.2, 0.25) is 0 Å². The number of anilines is 1. The van der Waals surface area contributed by atoms with Crippen LogP contribution in [0.5, 0.6) is 0 Å². The van der Waals surface area contributed by atoms with Crippen molar-refractivity contribution < 1.29 is 37.4 Å². The summed E-state index contributed by atoms with van der Waals surface area (Å²) in [7, 11) is 1.68. The number of likely N-dealkylation sites (tertiary alicyclic amines) is 1. The van der Waals surface area contributed by atoms with Gasteiger partial charge in [-0.1, -0.05) is 36.4 Å². The van der Waals surface area contributed by atoms with Gasteiger partial charge < -0.3 is 24.2 Å². The van der Waals surface area contributed by atoms with Gasteiger partial charge in [-0.3, -0.25) is 38.5 Å². The smallest absolute Gasteiger partial charge is 0.380 e. The van der Waals surface area contributed by atoms with Gasteiger partial charge in [-0.2, -0.15) is 13.2 Å². The highest BCUT2D eigenvalue weighted by Gasteiger charge is 2.40. The summed E-state index contributed by atoms with van der Waals surface area (Å²) in [6, 6.07) is 21.3. The molecule has 0 bridgehead atoms. The van der Waals surface area contributed by atoms with Gasteiger partial charge in [0.05, 0.1) is 30.0 Å². The van der Waals surface area contributed by atoms with Gasteiger partial charge in [0.15, 0.2) is 5.82 Å². The Morgan fingerprint density at radius 2 is 1.64 bits per heavy atom. The molecule has 7 heterocycles. The minimum absolute atomic E-state index is 0.171. The minimum Gasteiger partial charge on any atom is -0.380 e. The molecule has 3 aromatic heterocycles. The number of nitrogens with zero attached hydrogens (tertiary/aromatic N) is 9. The Hall–Kier alpha value is -6.67. The molecule has 3 saturated heterocycles. The number of amides is 3. The number of piperidine rings is 2. The lowest BCUT2D eigenvalue weighted by Crippen LogP contribution is -2.52. The number of imidazole rings is 1. The number of benzene rings is 3. The van der Waals surface area contributed by atoms with Crippen LogP contribution in [0, 0.1) is 5.92 Å². The summed E-state index contributed by atoms with van der Waals surface area (Å²) < 4.78 is 53.8. The average Bonchev–Trinajstić information content (AvgIpc) is 4.02. The highest BCUT2D eigenvalue weighted by Crippen LogP contribution is 2.35. The van der Waals surface area contributed by atoms with E-state index in [1.54, 1.807) is 40.8 Å². The zero-order valence-corrected chi connectivity index (χ0v) is 38.1. The second-order valence-corrected chi connectivity index (χ2v) is 18.7. The molecule has 19 heteroatoms. The van der Waals surface area contributed by atoms with E-state index in [1.807, 2.05) is 12.1 Å². The fraction of sp³-hybridized carbons (Fsp3) is 0.400. The Morgan fingerprint density at radius 1 is 0.855 bits per heavy atom. The lowest BCUT2D eigenvalue weighted by Gasteiger charge is -2.36. The topological polar surface area (TPSA) is 163 Å². The van der Waals surface area contributed by atoms with Crippen molar-refractivity contribution in [3.8, 4) is 5.69 Å². The summed E-state index contributed by atoms with van der Waals surface area (Å²) >= 11 is 0. The van der Waals surface area contributed by atoms with E-state index in [4.69, 9.17) is 4.74 Å². The average molecular weight is 947 g/mol. The number of pyridine rings is 1. The van der Waals surface area contributed by atoms with Crippen molar-refractivity contribution in [3.05, 3.63) is 147 Å². The fourth-order valence-electron chi connectivity index (χ4n) is 10.2. The number of hydrogen-bond donors (Lipinski definition) is 2. The predicted octanol–water partition coefficient (Wildman–Crippen LogP) is 4.83. The SMILES string of the molecule is Cn1cnnc1[C@H](O)c1cccc(-n2cc3c(C(F)(F)F)cc(CN4CCC[C@H](COCc5ccc(CN6CCN(c7ccc8c(c7)CN(C7CCC(=O)NC7=O)C8=O)CC6)cc5)C4)cn3c2=O)c1. The number of alkyl halides is 3. The molecule has 1 unspecified atom stereocenters. The Balaban J connectivity index is 0.704. The first-order chi connectivity index (χ1) is 33.2. The number of piperazine rings is 1. The van der Waals surface area contributed by atoms with E-state index >= 15 is 0 Å². The van der Waals surface area contributed by atoms with Crippen LogP contribution in [-0.4, -0.2) is 113 Å². The molecule has 0 saturated carbocycles. The zero-order valence-electron chi connectivity index (χ0n) is 38.1. The molecule has 10 rings (SSSR count). The Kier molecular flexibility index (Phi) is 12.7. The number of aliphatic hydroxyl groups is 1. The van der Waals surface area contributed by atoms with Crippen LogP contribution in [0.4, 0.5) is 18.9 Å². The second kappa shape index (κ2) is 19.0. The Labute approximate surface area is 395 Å². The first-order valence-electron chi connectivity index (χ1n) is 23.3. The molecular weight excluding hydrogens is 894 g/mol. The quantitative estimate of drug-likeness (QED) is 0.153. The summed E-state index contributed by atoms with van der Waals surface area (Å²) in [5.74, 6) is -0.406. The third-order valence-corrected chi connectivity index (χ3v) is 13.9. The number of halogens is 3. The van der Waals surface area contributed by atoms with Crippen LogP contribution >= 0.6 is 0 Å². The van der Waals surface area contributed by atoms with Gasteiger partial charge in [-0.25, -0.2) is 4.79 Å². The molecule has 4 aliphatic rings. The first-order valence-corrected chi connectivity index (χ1v) is 23.3. The van der Waals surface area contributed by atoms with Gasteiger partial charge in [0.2, 0.25) is 11.8 Å². The van der Waals surface area contributed by atoms with Gasteiger partial charge in [-0.05, 0) is 95.9 Å². The number of rotatable bonds is 13. The summed E-state index contributed by atoms with van der Waals surface area (Å²) in [6.07, 6.45) is 0.642. The first kappa shape index (κ1) is 46.1. The molecule has 6 aromatic rings. The Bertz CT molecular complexity index is 2960. The number of fused-ring (bicyclic) bond motifs is 2. The summed E-state index contributed by atoms with van der Waals surface area (Å²) in [4.78, 5) is 59.5. The number of aromatic nitrogens is 5. The van der Waals surface area contributed by atoms with Crippen molar-refractivity contribution in [1.29, 1.82) is 0 Å².